The fourth-order valence-electron chi connectivity index (χ4n) is 3.28. The highest BCUT2D eigenvalue weighted by atomic mass is 16.5. The van der Waals surface area contributed by atoms with Gasteiger partial charge in [0.05, 0.1) is 11.7 Å². The Balaban J connectivity index is 1.61. The normalized spacial score (nSPS) is 15.9. The molecule has 0 saturated carbocycles. The molecule has 2 amide bonds. The molecule has 6 heteroatoms. The first-order chi connectivity index (χ1) is 12.1. The monoisotopic (exact) mass is 342 g/mol. The van der Waals surface area contributed by atoms with E-state index in [4.69, 9.17) is 4.52 Å². The van der Waals surface area contributed by atoms with Crippen molar-refractivity contribution in [1.82, 2.24) is 20.7 Å². The summed E-state index contributed by atoms with van der Waals surface area (Å²) in [6.45, 7) is 7.19. The summed E-state index contributed by atoms with van der Waals surface area (Å²) >= 11 is 0. The van der Waals surface area contributed by atoms with E-state index in [2.05, 4.69) is 32.8 Å². The number of nitrogens with zero attached hydrogens (tertiary/aromatic N) is 2. The SMILES string of the molecule is Cc1noc(C)c1CNC(=O)NC(CN1CCCC1)c1ccccc1. The molecule has 0 spiro atoms. The van der Waals surface area contributed by atoms with Crippen molar-refractivity contribution < 1.29 is 9.32 Å². The largest absolute Gasteiger partial charge is 0.361 e. The quantitative estimate of drug-likeness (QED) is 0.847. The second-order valence-corrected chi connectivity index (χ2v) is 6.60. The predicted molar refractivity (Wildman–Crippen MR) is 96.2 cm³/mol. The summed E-state index contributed by atoms with van der Waals surface area (Å²) in [5.41, 5.74) is 2.88. The van der Waals surface area contributed by atoms with Gasteiger partial charge in [-0.1, -0.05) is 35.5 Å². The van der Waals surface area contributed by atoms with E-state index in [0.29, 0.717) is 6.54 Å². The number of hydrogen-bond acceptors (Lipinski definition) is 4. The van der Waals surface area contributed by atoms with Crippen molar-refractivity contribution in [1.29, 1.82) is 0 Å². The average Bonchev–Trinajstić information content (AvgIpc) is 3.24. The van der Waals surface area contributed by atoms with Crippen molar-refractivity contribution >= 4 is 6.03 Å². The first kappa shape index (κ1) is 17.5. The molecule has 6 nitrogen and oxygen atoms in total. The molecule has 1 aliphatic heterocycles. The van der Waals surface area contributed by atoms with Crippen LogP contribution >= 0.6 is 0 Å². The van der Waals surface area contributed by atoms with Crippen LogP contribution in [0.2, 0.25) is 0 Å². The lowest BCUT2D eigenvalue weighted by molar-refractivity contribution is 0.229. The number of rotatable bonds is 6. The van der Waals surface area contributed by atoms with E-state index in [-0.39, 0.29) is 12.1 Å². The molecule has 1 aromatic heterocycles. The number of hydrogen-bond donors (Lipinski definition) is 2. The summed E-state index contributed by atoms with van der Waals surface area (Å²) in [6.07, 6.45) is 2.47. The third kappa shape index (κ3) is 4.60. The Bertz CT molecular complexity index is 673. The lowest BCUT2D eigenvalue weighted by Crippen LogP contribution is -2.42. The number of likely N-dealkylation sites (tertiary alicyclic amines) is 1. The maximum atomic E-state index is 12.4. The Morgan fingerprint density at radius 1 is 1.24 bits per heavy atom. The number of carbonyl (C=O) groups excluding carboxylic acids is 1. The van der Waals surface area contributed by atoms with Gasteiger partial charge in [0, 0.05) is 18.7 Å². The first-order valence-electron chi connectivity index (χ1n) is 8.87. The number of amides is 2. The summed E-state index contributed by atoms with van der Waals surface area (Å²) in [7, 11) is 0. The van der Waals surface area contributed by atoms with Crippen molar-refractivity contribution in [3.63, 3.8) is 0 Å². The minimum absolute atomic E-state index is 0.0241. The Hall–Kier alpha value is -2.34. The predicted octanol–water partition coefficient (Wildman–Crippen LogP) is 2.93. The Labute approximate surface area is 148 Å². The molecule has 0 radical (unpaired) electrons. The average molecular weight is 342 g/mol. The standard InChI is InChI=1S/C19H26N4O2/c1-14-17(15(2)25-22-14)12-20-19(24)21-18(13-23-10-6-7-11-23)16-8-4-3-5-9-16/h3-5,8-9,18H,6-7,10-13H2,1-2H3,(H2,20,21,24). The van der Waals surface area contributed by atoms with E-state index in [1.54, 1.807) is 0 Å². The second kappa shape index (κ2) is 8.16. The van der Waals surface area contributed by atoms with Gasteiger partial charge < -0.3 is 20.1 Å². The number of urea groups is 1. The maximum absolute atomic E-state index is 12.4. The summed E-state index contributed by atoms with van der Waals surface area (Å²) in [5, 5.41) is 9.96. The summed E-state index contributed by atoms with van der Waals surface area (Å²) in [4.78, 5) is 14.8. The lowest BCUT2D eigenvalue weighted by atomic mass is 10.1. The van der Waals surface area contributed by atoms with Gasteiger partial charge in [-0.2, -0.15) is 0 Å². The van der Waals surface area contributed by atoms with E-state index in [0.717, 1.165) is 42.2 Å². The molecule has 2 aromatic rings. The Kier molecular flexibility index (Phi) is 5.71. The fraction of sp³-hybridized carbons (Fsp3) is 0.474. The maximum Gasteiger partial charge on any atom is 0.315 e. The summed E-state index contributed by atoms with van der Waals surface area (Å²) < 4.78 is 5.14. The number of nitrogens with one attached hydrogen (secondary N) is 2. The summed E-state index contributed by atoms with van der Waals surface area (Å²) in [5.74, 6) is 0.745. The van der Waals surface area contributed by atoms with Crippen LogP contribution in [0.4, 0.5) is 4.79 Å². The highest BCUT2D eigenvalue weighted by Crippen LogP contribution is 2.18. The first-order valence-corrected chi connectivity index (χ1v) is 8.87. The van der Waals surface area contributed by atoms with Crippen LogP contribution in [0.1, 0.15) is 41.5 Å². The van der Waals surface area contributed by atoms with Crippen LogP contribution in [0, 0.1) is 13.8 Å². The molecule has 1 atom stereocenters. The van der Waals surface area contributed by atoms with Gasteiger partial charge in [0.1, 0.15) is 5.76 Å². The minimum atomic E-state index is -0.173. The molecule has 1 saturated heterocycles. The minimum Gasteiger partial charge on any atom is -0.361 e. The van der Waals surface area contributed by atoms with Crippen LogP contribution in [-0.4, -0.2) is 35.7 Å². The summed E-state index contributed by atoms with van der Waals surface area (Å²) in [6, 6.07) is 9.95. The van der Waals surface area contributed by atoms with Crippen LogP contribution in [0.25, 0.3) is 0 Å². The molecule has 2 heterocycles. The van der Waals surface area contributed by atoms with Gasteiger partial charge in [-0.3, -0.25) is 0 Å². The van der Waals surface area contributed by atoms with Crippen LogP contribution in [0.3, 0.4) is 0 Å². The molecular weight excluding hydrogens is 316 g/mol. The molecule has 1 aromatic carbocycles. The number of aromatic nitrogens is 1. The van der Waals surface area contributed by atoms with Gasteiger partial charge in [-0.05, 0) is 45.3 Å². The molecule has 3 rings (SSSR count). The van der Waals surface area contributed by atoms with Gasteiger partial charge in [-0.25, -0.2) is 4.79 Å². The van der Waals surface area contributed by atoms with Crippen molar-refractivity contribution in [3.8, 4) is 0 Å². The lowest BCUT2D eigenvalue weighted by Gasteiger charge is -2.25. The van der Waals surface area contributed by atoms with E-state index in [1.807, 2.05) is 32.0 Å². The van der Waals surface area contributed by atoms with Gasteiger partial charge in [0.15, 0.2) is 0 Å². The zero-order valence-corrected chi connectivity index (χ0v) is 14.9. The van der Waals surface area contributed by atoms with E-state index in [1.165, 1.54) is 12.8 Å². The molecule has 0 aliphatic carbocycles. The molecule has 0 bridgehead atoms. The third-order valence-corrected chi connectivity index (χ3v) is 4.75. The van der Waals surface area contributed by atoms with Gasteiger partial charge in [0.2, 0.25) is 0 Å². The zero-order chi connectivity index (χ0) is 17.6. The highest BCUT2D eigenvalue weighted by Gasteiger charge is 2.21. The van der Waals surface area contributed by atoms with E-state index < -0.39 is 0 Å². The van der Waals surface area contributed by atoms with Crippen molar-refractivity contribution in [2.24, 2.45) is 0 Å². The number of carbonyl (C=O) groups is 1. The van der Waals surface area contributed by atoms with Crippen LogP contribution < -0.4 is 10.6 Å². The third-order valence-electron chi connectivity index (χ3n) is 4.75. The Morgan fingerprint density at radius 2 is 1.96 bits per heavy atom. The molecule has 1 aliphatic rings. The van der Waals surface area contributed by atoms with Crippen LogP contribution in [-0.2, 0) is 6.54 Å². The fourth-order valence-corrected chi connectivity index (χ4v) is 3.28. The number of benzene rings is 1. The zero-order valence-electron chi connectivity index (χ0n) is 14.9. The molecular formula is C19H26N4O2. The van der Waals surface area contributed by atoms with Gasteiger partial charge >= 0.3 is 6.03 Å². The topological polar surface area (TPSA) is 70.4 Å². The second-order valence-electron chi connectivity index (χ2n) is 6.60. The van der Waals surface area contributed by atoms with Crippen molar-refractivity contribution in [2.45, 2.75) is 39.3 Å². The molecule has 1 fully saturated rings. The highest BCUT2D eigenvalue weighted by molar-refractivity contribution is 5.74. The molecule has 1 unspecified atom stereocenters. The molecule has 2 N–H and O–H groups in total. The van der Waals surface area contributed by atoms with Crippen molar-refractivity contribution in [3.05, 3.63) is 52.9 Å². The van der Waals surface area contributed by atoms with E-state index in [9.17, 15) is 4.79 Å². The van der Waals surface area contributed by atoms with Gasteiger partial charge in [0.25, 0.3) is 0 Å². The molecule has 25 heavy (non-hydrogen) atoms. The number of aryl methyl sites for hydroxylation is 2. The van der Waals surface area contributed by atoms with E-state index >= 15 is 0 Å². The van der Waals surface area contributed by atoms with Crippen LogP contribution in [0.15, 0.2) is 34.9 Å². The van der Waals surface area contributed by atoms with Gasteiger partial charge in [-0.15, -0.1) is 0 Å². The Morgan fingerprint density at radius 3 is 2.60 bits per heavy atom. The molecule has 134 valence electrons. The van der Waals surface area contributed by atoms with Crippen LogP contribution in [0.5, 0.6) is 0 Å². The van der Waals surface area contributed by atoms with Crippen molar-refractivity contribution in [2.75, 3.05) is 19.6 Å². The smallest absolute Gasteiger partial charge is 0.315 e.